The maximum atomic E-state index is 10.8. The minimum atomic E-state index is -0.781. The van der Waals surface area contributed by atoms with E-state index in [1.165, 1.54) is 0 Å². The van der Waals surface area contributed by atoms with Crippen molar-refractivity contribution in [3.05, 3.63) is 18.2 Å². The van der Waals surface area contributed by atoms with Gasteiger partial charge in [0.1, 0.15) is 5.82 Å². The molecule has 0 radical (unpaired) electrons. The van der Waals surface area contributed by atoms with Gasteiger partial charge >= 0.3 is 5.97 Å². The summed E-state index contributed by atoms with van der Waals surface area (Å²) in [6.45, 7) is 4.63. The van der Waals surface area contributed by atoms with Crippen LogP contribution in [-0.4, -0.2) is 33.7 Å². The number of carbonyl (C=O) groups is 1. The van der Waals surface area contributed by atoms with E-state index in [1.807, 2.05) is 17.8 Å². The van der Waals surface area contributed by atoms with E-state index < -0.39 is 11.4 Å². The number of hydrogen-bond acceptors (Lipinski definition) is 3. The Labute approximate surface area is 95.5 Å². The van der Waals surface area contributed by atoms with Gasteiger partial charge in [0.25, 0.3) is 0 Å². The van der Waals surface area contributed by atoms with Crippen LogP contribution in [0.2, 0.25) is 0 Å². The minimum absolute atomic E-state index is 0.465. The van der Waals surface area contributed by atoms with Crippen LogP contribution in [0.15, 0.2) is 12.4 Å². The molecule has 0 amide bonds. The molecule has 5 heteroatoms. The van der Waals surface area contributed by atoms with Crippen molar-refractivity contribution in [2.45, 2.75) is 20.3 Å². The van der Waals surface area contributed by atoms with Crippen molar-refractivity contribution in [3.63, 3.8) is 0 Å². The molecule has 90 valence electrons. The Morgan fingerprint density at radius 2 is 2.31 bits per heavy atom. The molecular formula is C11H19N3O2. The van der Waals surface area contributed by atoms with Crippen molar-refractivity contribution in [1.82, 2.24) is 14.9 Å². The second kappa shape index (κ2) is 5.12. The molecule has 0 saturated heterocycles. The first-order valence-electron chi connectivity index (χ1n) is 5.34. The van der Waals surface area contributed by atoms with Crippen molar-refractivity contribution in [3.8, 4) is 0 Å². The summed E-state index contributed by atoms with van der Waals surface area (Å²) in [6.07, 6.45) is 4.46. The summed E-state index contributed by atoms with van der Waals surface area (Å²) < 4.78 is 1.96. The van der Waals surface area contributed by atoms with Gasteiger partial charge in [0.2, 0.25) is 0 Å². The highest BCUT2D eigenvalue weighted by Gasteiger charge is 2.26. The number of rotatable bonds is 6. The summed E-state index contributed by atoms with van der Waals surface area (Å²) in [4.78, 5) is 15.0. The largest absolute Gasteiger partial charge is 0.481 e. The molecule has 0 aliphatic heterocycles. The van der Waals surface area contributed by atoms with E-state index >= 15 is 0 Å². The van der Waals surface area contributed by atoms with E-state index in [0.717, 1.165) is 18.8 Å². The van der Waals surface area contributed by atoms with Gasteiger partial charge in [0, 0.05) is 39.0 Å². The maximum absolute atomic E-state index is 10.8. The van der Waals surface area contributed by atoms with Crippen molar-refractivity contribution in [2.75, 3.05) is 13.1 Å². The van der Waals surface area contributed by atoms with Crippen molar-refractivity contribution >= 4 is 5.97 Å². The fourth-order valence-corrected chi connectivity index (χ4v) is 1.31. The Kier molecular flexibility index (Phi) is 4.06. The standard InChI is InChI=1S/C11H19N3O2/c1-11(2,10(15)16)8-12-5-4-9-13-6-7-14(9)3/h6-7,12H,4-5,8H2,1-3H3,(H,15,16). The van der Waals surface area contributed by atoms with Crippen molar-refractivity contribution in [2.24, 2.45) is 12.5 Å². The highest BCUT2D eigenvalue weighted by atomic mass is 16.4. The lowest BCUT2D eigenvalue weighted by Crippen LogP contribution is -2.36. The zero-order chi connectivity index (χ0) is 12.2. The second-order valence-corrected chi connectivity index (χ2v) is 4.57. The molecule has 5 nitrogen and oxygen atoms in total. The highest BCUT2D eigenvalue weighted by molar-refractivity contribution is 5.73. The third-order valence-corrected chi connectivity index (χ3v) is 2.59. The van der Waals surface area contributed by atoms with Gasteiger partial charge in [-0.15, -0.1) is 0 Å². The number of aromatic nitrogens is 2. The van der Waals surface area contributed by atoms with Crippen LogP contribution in [0, 0.1) is 5.41 Å². The van der Waals surface area contributed by atoms with Crippen LogP contribution in [0.4, 0.5) is 0 Å². The van der Waals surface area contributed by atoms with Crippen LogP contribution in [0.25, 0.3) is 0 Å². The Bertz CT molecular complexity index is 358. The van der Waals surface area contributed by atoms with E-state index in [9.17, 15) is 4.79 Å². The minimum Gasteiger partial charge on any atom is -0.481 e. The molecule has 0 aromatic carbocycles. The topological polar surface area (TPSA) is 67.2 Å². The molecule has 0 aliphatic rings. The quantitative estimate of drug-likeness (QED) is 0.698. The van der Waals surface area contributed by atoms with E-state index in [-0.39, 0.29) is 0 Å². The predicted octanol–water partition coefficient (Wildman–Crippen LogP) is 0.663. The molecule has 1 rings (SSSR count). The molecule has 0 aliphatic carbocycles. The van der Waals surface area contributed by atoms with Crippen molar-refractivity contribution in [1.29, 1.82) is 0 Å². The van der Waals surface area contributed by atoms with Crippen LogP contribution < -0.4 is 5.32 Å². The lowest BCUT2D eigenvalue weighted by molar-refractivity contribution is -0.146. The van der Waals surface area contributed by atoms with Gasteiger partial charge in [-0.1, -0.05) is 0 Å². The summed E-state index contributed by atoms with van der Waals surface area (Å²) in [5.41, 5.74) is -0.721. The number of nitrogens with zero attached hydrogens (tertiary/aromatic N) is 2. The van der Waals surface area contributed by atoms with Gasteiger partial charge < -0.3 is 15.0 Å². The molecule has 0 saturated carbocycles. The maximum Gasteiger partial charge on any atom is 0.310 e. The van der Waals surface area contributed by atoms with Gasteiger partial charge in [-0.2, -0.15) is 0 Å². The van der Waals surface area contributed by atoms with Gasteiger partial charge in [-0.05, 0) is 13.8 Å². The number of carboxylic acids is 1. The summed E-state index contributed by atoms with van der Waals surface area (Å²) in [6, 6.07) is 0. The van der Waals surface area contributed by atoms with Crippen LogP contribution in [0.1, 0.15) is 19.7 Å². The van der Waals surface area contributed by atoms with Crippen LogP contribution >= 0.6 is 0 Å². The average Bonchev–Trinajstić information content (AvgIpc) is 2.59. The second-order valence-electron chi connectivity index (χ2n) is 4.57. The predicted molar refractivity (Wildman–Crippen MR) is 61.2 cm³/mol. The highest BCUT2D eigenvalue weighted by Crippen LogP contribution is 2.12. The van der Waals surface area contributed by atoms with E-state index in [2.05, 4.69) is 10.3 Å². The molecule has 1 heterocycles. The molecule has 0 unspecified atom stereocenters. The molecule has 0 bridgehead atoms. The molecule has 1 aromatic heterocycles. The van der Waals surface area contributed by atoms with E-state index in [4.69, 9.17) is 5.11 Å². The van der Waals surface area contributed by atoms with Crippen LogP contribution in [0.5, 0.6) is 0 Å². The number of hydrogen-bond donors (Lipinski definition) is 2. The summed E-state index contributed by atoms with van der Waals surface area (Å²) in [5, 5.41) is 12.1. The lowest BCUT2D eigenvalue weighted by atomic mass is 9.94. The monoisotopic (exact) mass is 225 g/mol. The Morgan fingerprint density at radius 3 is 2.81 bits per heavy atom. The van der Waals surface area contributed by atoms with Crippen LogP contribution in [0.3, 0.4) is 0 Å². The number of carboxylic acid groups (broad SMARTS) is 1. The average molecular weight is 225 g/mol. The first kappa shape index (κ1) is 12.7. The summed E-state index contributed by atoms with van der Waals surface area (Å²) in [5.74, 6) is 0.220. The summed E-state index contributed by atoms with van der Waals surface area (Å²) >= 11 is 0. The molecule has 0 spiro atoms. The zero-order valence-electron chi connectivity index (χ0n) is 10.0. The molecular weight excluding hydrogens is 206 g/mol. The fourth-order valence-electron chi connectivity index (χ4n) is 1.31. The molecule has 0 fully saturated rings. The molecule has 2 N–H and O–H groups in total. The number of aliphatic carboxylic acids is 1. The van der Waals surface area contributed by atoms with Crippen molar-refractivity contribution < 1.29 is 9.90 Å². The SMILES string of the molecule is Cn1ccnc1CCNCC(C)(C)C(=O)O. The molecule has 1 aromatic rings. The first-order valence-corrected chi connectivity index (χ1v) is 5.34. The third kappa shape index (κ3) is 3.34. The van der Waals surface area contributed by atoms with Gasteiger partial charge in [-0.3, -0.25) is 4.79 Å². The Morgan fingerprint density at radius 1 is 1.62 bits per heavy atom. The zero-order valence-corrected chi connectivity index (χ0v) is 10.0. The van der Waals surface area contributed by atoms with Gasteiger partial charge in [0.15, 0.2) is 0 Å². The van der Waals surface area contributed by atoms with Gasteiger partial charge in [-0.25, -0.2) is 4.98 Å². The first-order chi connectivity index (χ1) is 7.43. The van der Waals surface area contributed by atoms with Gasteiger partial charge in [0.05, 0.1) is 5.41 Å². The molecule has 0 atom stereocenters. The number of nitrogens with one attached hydrogen (secondary N) is 1. The summed E-state index contributed by atoms with van der Waals surface area (Å²) in [7, 11) is 1.95. The normalized spacial score (nSPS) is 11.7. The Hall–Kier alpha value is -1.36. The number of imidazole rings is 1. The Balaban J connectivity index is 2.27. The molecule has 16 heavy (non-hydrogen) atoms. The smallest absolute Gasteiger partial charge is 0.310 e. The van der Waals surface area contributed by atoms with E-state index in [1.54, 1.807) is 20.0 Å². The van der Waals surface area contributed by atoms with Crippen LogP contribution in [-0.2, 0) is 18.3 Å². The fraction of sp³-hybridized carbons (Fsp3) is 0.636. The lowest BCUT2D eigenvalue weighted by Gasteiger charge is -2.19. The van der Waals surface area contributed by atoms with E-state index in [0.29, 0.717) is 6.54 Å². The third-order valence-electron chi connectivity index (χ3n) is 2.59. The number of aryl methyl sites for hydroxylation is 1.